The number of aryl methyl sites for hydroxylation is 1. The number of amides is 1. The lowest BCUT2D eigenvalue weighted by Gasteiger charge is -2.32. The molecule has 0 atom stereocenters. The highest BCUT2D eigenvalue weighted by Crippen LogP contribution is 2.40. The largest absolute Gasteiger partial charge is 0.503 e. The molecule has 0 spiro atoms. The zero-order valence-electron chi connectivity index (χ0n) is 17.0. The van der Waals surface area contributed by atoms with Gasteiger partial charge in [-0.05, 0) is 50.3 Å². The molecule has 2 N–H and O–H groups in total. The minimum Gasteiger partial charge on any atom is -0.503 e. The third-order valence-electron chi connectivity index (χ3n) is 6.34. The number of hydrogen-bond donors (Lipinski definition) is 2. The van der Waals surface area contributed by atoms with Crippen molar-refractivity contribution in [3.8, 4) is 5.75 Å². The number of aromatic nitrogens is 4. The zero-order chi connectivity index (χ0) is 20.9. The summed E-state index contributed by atoms with van der Waals surface area (Å²) in [7, 11) is 0. The summed E-state index contributed by atoms with van der Waals surface area (Å²) >= 11 is 0. The fourth-order valence-electron chi connectivity index (χ4n) is 4.63. The monoisotopic (exact) mass is 407 g/mol. The van der Waals surface area contributed by atoms with Crippen LogP contribution in [0.1, 0.15) is 54.6 Å². The number of aromatic hydroxyl groups is 1. The number of fused-ring (bicyclic) bond motifs is 1. The smallest absolute Gasteiger partial charge is 0.276 e. The van der Waals surface area contributed by atoms with E-state index in [1.54, 1.807) is 10.9 Å². The van der Waals surface area contributed by atoms with E-state index in [-0.39, 0.29) is 17.3 Å². The van der Waals surface area contributed by atoms with Gasteiger partial charge in [0.25, 0.3) is 11.3 Å². The quantitative estimate of drug-likeness (QED) is 0.676. The van der Waals surface area contributed by atoms with Crippen LogP contribution in [0.5, 0.6) is 5.75 Å². The van der Waals surface area contributed by atoms with E-state index in [0.29, 0.717) is 6.54 Å². The van der Waals surface area contributed by atoms with Crippen molar-refractivity contribution in [2.45, 2.75) is 63.6 Å². The predicted molar refractivity (Wildman–Crippen MR) is 112 cm³/mol. The SMILES string of the molecule is Cc1cn(C2(Cn3cc(O)c(=O)c(C(=O)NC4CC4)n3)CCCC2)c2ncccc12. The molecule has 2 aliphatic carbocycles. The first-order valence-electron chi connectivity index (χ1n) is 10.5. The Balaban J connectivity index is 1.56. The van der Waals surface area contributed by atoms with Crippen molar-refractivity contribution in [1.29, 1.82) is 0 Å². The number of hydrogen-bond acceptors (Lipinski definition) is 5. The molecule has 2 aliphatic rings. The fraction of sp³-hybridized carbons (Fsp3) is 0.455. The van der Waals surface area contributed by atoms with Gasteiger partial charge in [-0.3, -0.25) is 14.3 Å². The second-order valence-electron chi connectivity index (χ2n) is 8.63. The van der Waals surface area contributed by atoms with Crippen LogP contribution in [-0.2, 0) is 12.1 Å². The molecule has 0 saturated heterocycles. The Hall–Kier alpha value is -3.16. The Bertz CT molecular complexity index is 1190. The van der Waals surface area contributed by atoms with Gasteiger partial charge in [-0.2, -0.15) is 5.10 Å². The van der Waals surface area contributed by atoms with Crippen molar-refractivity contribution in [3.05, 3.63) is 52.2 Å². The Morgan fingerprint density at radius 1 is 1.30 bits per heavy atom. The molecule has 3 aromatic rings. The molecule has 8 nitrogen and oxygen atoms in total. The maximum Gasteiger partial charge on any atom is 0.276 e. The van der Waals surface area contributed by atoms with E-state index in [1.165, 1.54) is 6.20 Å². The second-order valence-corrected chi connectivity index (χ2v) is 8.63. The van der Waals surface area contributed by atoms with Crippen molar-refractivity contribution in [1.82, 2.24) is 24.6 Å². The molecular weight excluding hydrogens is 382 g/mol. The van der Waals surface area contributed by atoms with Crippen molar-refractivity contribution in [2.24, 2.45) is 0 Å². The lowest BCUT2D eigenvalue weighted by molar-refractivity contribution is 0.0940. The summed E-state index contributed by atoms with van der Waals surface area (Å²) < 4.78 is 3.78. The van der Waals surface area contributed by atoms with E-state index in [9.17, 15) is 14.7 Å². The fourth-order valence-corrected chi connectivity index (χ4v) is 4.63. The van der Waals surface area contributed by atoms with Crippen molar-refractivity contribution in [3.63, 3.8) is 0 Å². The number of rotatable bonds is 5. The molecule has 3 aromatic heterocycles. The van der Waals surface area contributed by atoms with Gasteiger partial charge in [0.1, 0.15) is 5.65 Å². The molecule has 2 fully saturated rings. The lowest BCUT2D eigenvalue weighted by atomic mass is 9.97. The minimum absolute atomic E-state index is 0.107. The van der Waals surface area contributed by atoms with Crippen LogP contribution in [0, 0.1) is 6.92 Å². The Labute approximate surface area is 173 Å². The molecule has 3 heterocycles. The van der Waals surface area contributed by atoms with Gasteiger partial charge in [-0.1, -0.05) is 12.8 Å². The summed E-state index contributed by atoms with van der Waals surface area (Å²) in [5.74, 6) is -0.970. The number of carbonyl (C=O) groups excluding carboxylic acids is 1. The van der Waals surface area contributed by atoms with Crippen LogP contribution in [0.3, 0.4) is 0 Å². The van der Waals surface area contributed by atoms with Gasteiger partial charge in [-0.15, -0.1) is 0 Å². The Kier molecular flexibility index (Phi) is 4.38. The summed E-state index contributed by atoms with van der Waals surface area (Å²) in [6.45, 7) is 2.53. The lowest BCUT2D eigenvalue weighted by Crippen LogP contribution is -2.38. The van der Waals surface area contributed by atoms with E-state index >= 15 is 0 Å². The topological polar surface area (TPSA) is 102 Å². The Morgan fingerprint density at radius 2 is 2.07 bits per heavy atom. The molecule has 156 valence electrons. The number of nitrogens with one attached hydrogen (secondary N) is 1. The van der Waals surface area contributed by atoms with Gasteiger partial charge in [0, 0.05) is 23.8 Å². The van der Waals surface area contributed by atoms with E-state index in [4.69, 9.17) is 0 Å². The van der Waals surface area contributed by atoms with Gasteiger partial charge in [-0.25, -0.2) is 4.98 Å². The third-order valence-corrected chi connectivity index (χ3v) is 6.34. The van der Waals surface area contributed by atoms with E-state index < -0.39 is 17.1 Å². The first kappa shape index (κ1) is 18.8. The molecule has 8 heteroatoms. The number of nitrogens with zero attached hydrogens (tertiary/aromatic N) is 4. The van der Waals surface area contributed by atoms with Gasteiger partial charge < -0.3 is 15.0 Å². The zero-order valence-corrected chi connectivity index (χ0v) is 17.0. The molecule has 2 saturated carbocycles. The van der Waals surface area contributed by atoms with Crippen molar-refractivity contribution in [2.75, 3.05) is 0 Å². The molecule has 0 bridgehead atoms. The highest BCUT2D eigenvalue weighted by Gasteiger charge is 2.38. The average molecular weight is 407 g/mol. The molecular formula is C22H25N5O3. The second kappa shape index (κ2) is 6.97. The Morgan fingerprint density at radius 3 is 2.80 bits per heavy atom. The standard InChI is InChI=1S/C22H25N5O3/c1-14-11-27(20-16(14)5-4-10-23-20)22(8-2-3-9-22)13-26-12-17(28)19(29)18(25-26)21(30)24-15-6-7-15/h4-5,10-12,15,28H,2-3,6-9,13H2,1H3,(H,24,30). The summed E-state index contributed by atoms with van der Waals surface area (Å²) in [6.07, 6.45) is 11.1. The van der Waals surface area contributed by atoms with E-state index in [1.807, 2.05) is 6.07 Å². The molecule has 0 unspecified atom stereocenters. The van der Waals surface area contributed by atoms with Crippen LogP contribution in [0.25, 0.3) is 11.0 Å². The van der Waals surface area contributed by atoms with Crippen LogP contribution in [0.2, 0.25) is 0 Å². The van der Waals surface area contributed by atoms with E-state index in [0.717, 1.165) is 55.1 Å². The van der Waals surface area contributed by atoms with Crippen LogP contribution in [-0.4, -0.2) is 36.4 Å². The molecule has 0 aliphatic heterocycles. The average Bonchev–Trinajstić information content (AvgIpc) is 3.31. The van der Waals surface area contributed by atoms with Crippen molar-refractivity contribution >= 4 is 16.9 Å². The van der Waals surface area contributed by atoms with E-state index in [2.05, 4.69) is 39.2 Å². The maximum atomic E-state index is 12.5. The first-order chi connectivity index (χ1) is 14.5. The molecule has 0 aromatic carbocycles. The van der Waals surface area contributed by atoms with Crippen LogP contribution < -0.4 is 10.7 Å². The molecule has 1 amide bonds. The van der Waals surface area contributed by atoms with Crippen LogP contribution in [0.4, 0.5) is 0 Å². The summed E-state index contributed by atoms with van der Waals surface area (Å²) in [6, 6.07) is 4.11. The van der Waals surface area contributed by atoms with Gasteiger partial charge >= 0.3 is 0 Å². The third kappa shape index (κ3) is 3.16. The summed E-state index contributed by atoms with van der Waals surface area (Å²) in [5.41, 5.74) is 0.827. The van der Waals surface area contributed by atoms with Crippen molar-refractivity contribution < 1.29 is 9.90 Å². The molecule has 0 radical (unpaired) electrons. The van der Waals surface area contributed by atoms with Gasteiger partial charge in [0.05, 0.1) is 18.3 Å². The normalized spacial score (nSPS) is 18.0. The minimum atomic E-state index is -0.728. The highest BCUT2D eigenvalue weighted by atomic mass is 16.3. The van der Waals surface area contributed by atoms with Gasteiger partial charge in [0.15, 0.2) is 11.4 Å². The summed E-state index contributed by atoms with van der Waals surface area (Å²) in [5, 5.41) is 18.4. The highest BCUT2D eigenvalue weighted by molar-refractivity contribution is 5.92. The molecule has 30 heavy (non-hydrogen) atoms. The molecule has 5 rings (SSSR count). The van der Waals surface area contributed by atoms with Gasteiger partial charge in [0.2, 0.25) is 0 Å². The van der Waals surface area contributed by atoms with Crippen LogP contribution >= 0.6 is 0 Å². The number of carbonyl (C=O) groups is 1. The summed E-state index contributed by atoms with van der Waals surface area (Å²) in [4.78, 5) is 29.4. The van der Waals surface area contributed by atoms with Crippen LogP contribution in [0.15, 0.2) is 35.5 Å². The maximum absolute atomic E-state index is 12.5. The first-order valence-corrected chi connectivity index (χ1v) is 10.5. The predicted octanol–water partition coefficient (Wildman–Crippen LogP) is 2.47. The number of pyridine rings is 1.